The maximum absolute atomic E-state index is 11.1. The maximum Gasteiger partial charge on any atom is 0.221 e. The first-order valence-corrected chi connectivity index (χ1v) is 7.91. The molecule has 2 aromatic carbocycles. The molecule has 0 atom stereocenters. The predicted molar refractivity (Wildman–Crippen MR) is 105 cm³/mol. The van der Waals surface area contributed by atoms with Crippen molar-refractivity contribution in [2.45, 2.75) is 13.8 Å². The third-order valence-corrected chi connectivity index (χ3v) is 3.80. The largest absolute Gasteiger partial charge is 0.450 e. The van der Waals surface area contributed by atoms with E-state index in [-0.39, 0.29) is 18.3 Å². The summed E-state index contributed by atoms with van der Waals surface area (Å²) in [6.07, 6.45) is 0. The van der Waals surface area contributed by atoms with E-state index in [2.05, 4.69) is 20.6 Å². The Bertz CT molecular complexity index is 1090. The topological polar surface area (TPSA) is 80.0 Å². The number of furan rings is 1. The van der Waals surface area contributed by atoms with Gasteiger partial charge in [-0.15, -0.1) is 12.4 Å². The minimum atomic E-state index is -0.101. The van der Waals surface area contributed by atoms with E-state index in [1.54, 1.807) is 0 Å². The van der Waals surface area contributed by atoms with Crippen LogP contribution in [0.15, 0.2) is 52.9 Å². The van der Waals surface area contributed by atoms with E-state index in [1.165, 1.54) is 6.92 Å². The van der Waals surface area contributed by atoms with Crippen LogP contribution in [0, 0.1) is 6.92 Å². The number of fused-ring (bicyclic) bond motifs is 3. The highest BCUT2D eigenvalue weighted by Gasteiger charge is 2.14. The number of aromatic nitrogens is 2. The van der Waals surface area contributed by atoms with Crippen molar-refractivity contribution in [2.24, 2.45) is 0 Å². The van der Waals surface area contributed by atoms with Crippen molar-refractivity contribution in [3.05, 3.63) is 54.4 Å². The number of rotatable bonds is 3. The molecule has 0 spiro atoms. The van der Waals surface area contributed by atoms with E-state index < -0.39 is 0 Å². The summed E-state index contributed by atoms with van der Waals surface area (Å²) in [5, 5.41) is 6.98. The molecule has 26 heavy (non-hydrogen) atoms. The first kappa shape index (κ1) is 17.7. The van der Waals surface area contributed by atoms with Gasteiger partial charge in [-0.2, -0.15) is 0 Å². The van der Waals surface area contributed by atoms with Crippen molar-refractivity contribution in [1.29, 1.82) is 0 Å². The van der Waals surface area contributed by atoms with Gasteiger partial charge in [0, 0.05) is 23.7 Å². The summed E-state index contributed by atoms with van der Waals surface area (Å²) < 4.78 is 5.94. The quantitative estimate of drug-likeness (QED) is 0.542. The number of anilines is 3. The Kier molecular flexibility index (Phi) is 4.77. The molecule has 7 heteroatoms. The van der Waals surface area contributed by atoms with Gasteiger partial charge in [0.25, 0.3) is 0 Å². The number of benzene rings is 2. The van der Waals surface area contributed by atoms with Gasteiger partial charge in [-0.3, -0.25) is 4.79 Å². The molecule has 4 rings (SSSR count). The van der Waals surface area contributed by atoms with Crippen LogP contribution in [0.25, 0.3) is 22.1 Å². The van der Waals surface area contributed by atoms with Crippen LogP contribution in [-0.2, 0) is 4.79 Å². The Hall–Kier alpha value is -3.12. The number of carbonyl (C=O) groups excluding carboxylic acids is 1. The molecule has 0 fully saturated rings. The second-order valence-electron chi connectivity index (χ2n) is 5.78. The highest BCUT2D eigenvalue weighted by Crippen LogP contribution is 2.32. The molecular formula is C19H17ClN4O2. The van der Waals surface area contributed by atoms with E-state index in [0.717, 1.165) is 27.9 Å². The fourth-order valence-electron chi connectivity index (χ4n) is 2.76. The lowest BCUT2D eigenvalue weighted by atomic mass is 10.2. The van der Waals surface area contributed by atoms with Gasteiger partial charge in [0.05, 0.1) is 0 Å². The number of halogens is 1. The predicted octanol–water partition coefficient (Wildman–Crippen LogP) is 4.81. The van der Waals surface area contributed by atoms with Crippen LogP contribution in [0.5, 0.6) is 0 Å². The zero-order valence-electron chi connectivity index (χ0n) is 14.2. The Morgan fingerprint density at radius 2 is 1.69 bits per heavy atom. The van der Waals surface area contributed by atoms with Crippen LogP contribution in [0.2, 0.25) is 0 Å². The molecule has 6 nitrogen and oxygen atoms in total. The van der Waals surface area contributed by atoms with E-state index in [4.69, 9.17) is 4.42 Å². The van der Waals surface area contributed by atoms with Gasteiger partial charge in [-0.1, -0.05) is 12.1 Å². The maximum atomic E-state index is 11.1. The third kappa shape index (κ3) is 3.32. The average Bonchev–Trinajstić information content (AvgIpc) is 2.95. The first-order chi connectivity index (χ1) is 12.1. The molecular weight excluding hydrogens is 352 g/mol. The van der Waals surface area contributed by atoms with Crippen LogP contribution in [-0.4, -0.2) is 15.9 Å². The molecule has 0 bridgehead atoms. The fourth-order valence-corrected chi connectivity index (χ4v) is 2.76. The molecule has 1 amide bonds. The molecule has 4 aromatic rings. The van der Waals surface area contributed by atoms with Crippen molar-refractivity contribution in [2.75, 3.05) is 10.6 Å². The highest BCUT2D eigenvalue weighted by molar-refractivity contribution is 6.06. The van der Waals surface area contributed by atoms with Gasteiger partial charge in [0.15, 0.2) is 11.4 Å². The van der Waals surface area contributed by atoms with Crippen molar-refractivity contribution in [3.8, 4) is 0 Å². The molecule has 132 valence electrons. The van der Waals surface area contributed by atoms with E-state index in [1.807, 2.05) is 55.5 Å². The van der Waals surface area contributed by atoms with Crippen molar-refractivity contribution >= 4 is 57.6 Å². The third-order valence-electron chi connectivity index (χ3n) is 3.80. The molecule has 2 aromatic heterocycles. The highest BCUT2D eigenvalue weighted by atomic mass is 35.5. The number of hydrogen-bond acceptors (Lipinski definition) is 5. The van der Waals surface area contributed by atoms with Crippen molar-refractivity contribution < 1.29 is 9.21 Å². The molecule has 2 N–H and O–H groups in total. The van der Waals surface area contributed by atoms with E-state index in [0.29, 0.717) is 17.2 Å². The number of carbonyl (C=O) groups is 1. The Morgan fingerprint density at radius 3 is 2.42 bits per heavy atom. The second kappa shape index (κ2) is 7.01. The van der Waals surface area contributed by atoms with Crippen LogP contribution in [0.1, 0.15) is 12.7 Å². The summed E-state index contributed by atoms with van der Waals surface area (Å²) in [7, 11) is 0. The fraction of sp³-hybridized carbons (Fsp3) is 0.105. The molecule has 0 aliphatic rings. The zero-order chi connectivity index (χ0) is 17.4. The number of para-hydroxylation sites is 1. The smallest absolute Gasteiger partial charge is 0.221 e. The first-order valence-electron chi connectivity index (χ1n) is 7.91. The Morgan fingerprint density at radius 1 is 1.00 bits per heavy atom. The number of nitrogens with zero attached hydrogens (tertiary/aromatic N) is 2. The van der Waals surface area contributed by atoms with Gasteiger partial charge in [0.1, 0.15) is 16.9 Å². The minimum Gasteiger partial charge on any atom is -0.450 e. The van der Waals surface area contributed by atoms with Crippen LogP contribution >= 0.6 is 12.4 Å². The molecule has 0 unspecified atom stereocenters. The lowest BCUT2D eigenvalue weighted by molar-refractivity contribution is -0.114. The molecule has 0 saturated carbocycles. The number of amides is 1. The molecule has 2 heterocycles. The average molecular weight is 369 g/mol. The monoisotopic (exact) mass is 368 g/mol. The van der Waals surface area contributed by atoms with Crippen LogP contribution in [0.3, 0.4) is 0 Å². The van der Waals surface area contributed by atoms with E-state index in [9.17, 15) is 4.79 Å². The number of aryl methyl sites for hydroxylation is 1. The van der Waals surface area contributed by atoms with Gasteiger partial charge in [0.2, 0.25) is 5.91 Å². The summed E-state index contributed by atoms with van der Waals surface area (Å²) in [5.41, 5.74) is 3.78. The van der Waals surface area contributed by atoms with Crippen molar-refractivity contribution in [1.82, 2.24) is 9.97 Å². The number of hydrogen-bond donors (Lipinski definition) is 2. The Labute approximate surface area is 156 Å². The lowest BCUT2D eigenvalue weighted by Crippen LogP contribution is -2.05. The Balaban J connectivity index is 0.00000196. The molecule has 0 radical (unpaired) electrons. The lowest BCUT2D eigenvalue weighted by Gasteiger charge is -2.08. The van der Waals surface area contributed by atoms with Gasteiger partial charge < -0.3 is 15.1 Å². The van der Waals surface area contributed by atoms with Gasteiger partial charge in [-0.25, -0.2) is 9.97 Å². The van der Waals surface area contributed by atoms with Crippen molar-refractivity contribution in [3.63, 3.8) is 0 Å². The normalized spacial score (nSPS) is 10.5. The number of nitrogens with one attached hydrogen (secondary N) is 2. The standard InChI is InChI=1S/C19H16N4O2.ClH/c1-11-20-17-15-5-3-4-6-16(15)25-18(17)19(21-11)23-14-9-7-13(8-10-14)22-12(2)24;/h3-10H,1-2H3,(H,22,24)(H,20,21,23);1H. The molecule has 0 aliphatic heterocycles. The molecule has 0 saturated heterocycles. The van der Waals surface area contributed by atoms with E-state index >= 15 is 0 Å². The summed E-state index contributed by atoms with van der Waals surface area (Å²) >= 11 is 0. The summed E-state index contributed by atoms with van der Waals surface area (Å²) in [6.45, 7) is 3.33. The molecule has 0 aliphatic carbocycles. The summed E-state index contributed by atoms with van der Waals surface area (Å²) in [6, 6.07) is 15.2. The SMILES string of the molecule is CC(=O)Nc1ccc(Nc2nc(C)nc3c2oc2ccccc23)cc1.Cl. The van der Waals surface area contributed by atoms with Crippen LogP contribution in [0.4, 0.5) is 17.2 Å². The minimum absolute atomic E-state index is 0. The van der Waals surface area contributed by atoms with Crippen LogP contribution < -0.4 is 10.6 Å². The summed E-state index contributed by atoms with van der Waals surface area (Å²) in [5.74, 6) is 1.18. The second-order valence-corrected chi connectivity index (χ2v) is 5.78. The van der Waals surface area contributed by atoms with Gasteiger partial charge in [-0.05, 0) is 43.3 Å². The zero-order valence-corrected chi connectivity index (χ0v) is 15.1. The summed E-state index contributed by atoms with van der Waals surface area (Å²) in [4.78, 5) is 20.1. The van der Waals surface area contributed by atoms with Gasteiger partial charge >= 0.3 is 0 Å².